The van der Waals surface area contributed by atoms with E-state index in [1.54, 1.807) is 12.1 Å². The highest BCUT2D eigenvalue weighted by atomic mass is 19.1. The van der Waals surface area contributed by atoms with Crippen molar-refractivity contribution >= 4 is 0 Å². The number of benzene rings is 2. The first-order valence-corrected chi connectivity index (χ1v) is 6.88. The first-order chi connectivity index (χ1) is 9.60. The Morgan fingerprint density at radius 3 is 2.45 bits per heavy atom. The van der Waals surface area contributed by atoms with E-state index >= 15 is 0 Å². The van der Waals surface area contributed by atoms with Gasteiger partial charge in [0.1, 0.15) is 5.82 Å². The van der Waals surface area contributed by atoms with Crippen LogP contribution in [0.4, 0.5) is 4.39 Å². The summed E-state index contributed by atoms with van der Waals surface area (Å²) >= 11 is 0. The molecule has 2 aromatic carbocycles. The molecule has 0 amide bonds. The highest BCUT2D eigenvalue weighted by Gasteiger charge is 2.13. The van der Waals surface area contributed by atoms with Gasteiger partial charge in [-0.25, -0.2) is 4.39 Å². The van der Waals surface area contributed by atoms with Crippen LogP contribution in [0.3, 0.4) is 0 Å². The number of hydrazine groups is 1. The second-order valence-electron chi connectivity index (χ2n) is 5.24. The van der Waals surface area contributed by atoms with E-state index in [4.69, 9.17) is 5.84 Å². The van der Waals surface area contributed by atoms with Crippen molar-refractivity contribution in [2.24, 2.45) is 5.84 Å². The summed E-state index contributed by atoms with van der Waals surface area (Å²) in [6.45, 7) is 4.05. The molecule has 20 heavy (non-hydrogen) atoms. The van der Waals surface area contributed by atoms with Crippen LogP contribution >= 0.6 is 0 Å². The summed E-state index contributed by atoms with van der Waals surface area (Å²) in [5, 5.41) is 0. The van der Waals surface area contributed by atoms with E-state index in [0.29, 0.717) is 0 Å². The van der Waals surface area contributed by atoms with Crippen LogP contribution in [0.5, 0.6) is 0 Å². The van der Waals surface area contributed by atoms with Crippen molar-refractivity contribution in [3.8, 4) is 0 Å². The number of rotatable bonds is 5. The molecule has 0 aliphatic carbocycles. The molecule has 0 aromatic heterocycles. The SMILES string of the molecule is Cc1ccc(CCC(NN)c2cc(F)ccc2C)cc1. The van der Waals surface area contributed by atoms with Crippen molar-refractivity contribution < 1.29 is 4.39 Å². The lowest BCUT2D eigenvalue weighted by Crippen LogP contribution is -2.29. The second kappa shape index (κ2) is 6.64. The van der Waals surface area contributed by atoms with Gasteiger partial charge in [-0.3, -0.25) is 11.3 Å². The van der Waals surface area contributed by atoms with Crippen LogP contribution < -0.4 is 11.3 Å². The van der Waals surface area contributed by atoms with E-state index in [9.17, 15) is 4.39 Å². The standard InChI is InChI=1S/C17H21FN2/c1-12-3-6-14(7-4-12)8-10-17(20-19)16-11-15(18)9-5-13(16)2/h3-7,9,11,17,20H,8,10,19H2,1-2H3. The fourth-order valence-electron chi connectivity index (χ4n) is 2.38. The first-order valence-electron chi connectivity index (χ1n) is 6.88. The van der Waals surface area contributed by atoms with Crippen molar-refractivity contribution in [2.45, 2.75) is 32.7 Å². The zero-order valence-electron chi connectivity index (χ0n) is 12.0. The van der Waals surface area contributed by atoms with Crippen molar-refractivity contribution in [1.82, 2.24) is 5.43 Å². The molecule has 2 aromatic rings. The van der Waals surface area contributed by atoms with Crippen LogP contribution in [0, 0.1) is 19.7 Å². The molecule has 0 saturated heterocycles. The molecular formula is C17H21FN2. The quantitative estimate of drug-likeness (QED) is 0.645. The van der Waals surface area contributed by atoms with Gasteiger partial charge in [-0.15, -0.1) is 0 Å². The normalized spacial score (nSPS) is 12.4. The van der Waals surface area contributed by atoms with Crippen LogP contribution in [0.1, 0.15) is 34.7 Å². The Kier molecular flexibility index (Phi) is 4.88. The molecule has 2 rings (SSSR count). The summed E-state index contributed by atoms with van der Waals surface area (Å²) in [4.78, 5) is 0. The van der Waals surface area contributed by atoms with Gasteiger partial charge in [0, 0.05) is 6.04 Å². The molecule has 0 fully saturated rings. The van der Waals surface area contributed by atoms with Crippen molar-refractivity contribution in [3.63, 3.8) is 0 Å². The lowest BCUT2D eigenvalue weighted by Gasteiger charge is -2.18. The third kappa shape index (κ3) is 3.65. The molecule has 1 unspecified atom stereocenters. The van der Waals surface area contributed by atoms with Crippen LogP contribution in [-0.4, -0.2) is 0 Å². The largest absolute Gasteiger partial charge is 0.271 e. The van der Waals surface area contributed by atoms with Crippen molar-refractivity contribution in [3.05, 3.63) is 70.5 Å². The maximum Gasteiger partial charge on any atom is 0.123 e. The molecule has 106 valence electrons. The Bertz CT molecular complexity index is 564. The van der Waals surface area contributed by atoms with Crippen LogP contribution in [-0.2, 0) is 6.42 Å². The molecule has 0 radical (unpaired) electrons. The van der Waals surface area contributed by atoms with E-state index in [2.05, 4.69) is 36.6 Å². The van der Waals surface area contributed by atoms with Crippen LogP contribution in [0.25, 0.3) is 0 Å². The topological polar surface area (TPSA) is 38.0 Å². The van der Waals surface area contributed by atoms with Gasteiger partial charge in [-0.05, 0) is 55.5 Å². The van der Waals surface area contributed by atoms with E-state index in [1.165, 1.54) is 17.2 Å². The summed E-state index contributed by atoms with van der Waals surface area (Å²) in [7, 11) is 0. The predicted octanol–water partition coefficient (Wildman–Crippen LogP) is 3.58. The summed E-state index contributed by atoms with van der Waals surface area (Å²) in [6, 6.07) is 13.3. The maximum absolute atomic E-state index is 13.4. The number of aryl methyl sites for hydroxylation is 3. The number of nitrogens with one attached hydrogen (secondary N) is 1. The van der Waals surface area contributed by atoms with Gasteiger partial charge in [-0.2, -0.15) is 0 Å². The number of halogens is 1. The molecule has 0 bridgehead atoms. The average molecular weight is 272 g/mol. The lowest BCUT2D eigenvalue weighted by atomic mass is 9.95. The Morgan fingerprint density at radius 2 is 1.80 bits per heavy atom. The van der Waals surface area contributed by atoms with Gasteiger partial charge in [0.25, 0.3) is 0 Å². The van der Waals surface area contributed by atoms with E-state index in [1.807, 2.05) is 6.92 Å². The predicted molar refractivity (Wildman–Crippen MR) is 80.7 cm³/mol. The minimum atomic E-state index is -0.221. The number of nitrogens with two attached hydrogens (primary N) is 1. The van der Waals surface area contributed by atoms with E-state index < -0.39 is 0 Å². The number of hydrogen-bond acceptors (Lipinski definition) is 2. The fourth-order valence-corrected chi connectivity index (χ4v) is 2.38. The highest BCUT2D eigenvalue weighted by molar-refractivity contribution is 5.30. The van der Waals surface area contributed by atoms with Gasteiger partial charge in [0.05, 0.1) is 0 Å². The third-order valence-electron chi connectivity index (χ3n) is 3.66. The number of hydrogen-bond donors (Lipinski definition) is 2. The van der Waals surface area contributed by atoms with Gasteiger partial charge in [-0.1, -0.05) is 35.9 Å². The van der Waals surface area contributed by atoms with Crippen molar-refractivity contribution in [1.29, 1.82) is 0 Å². The highest BCUT2D eigenvalue weighted by Crippen LogP contribution is 2.23. The Hall–Kier alpha value is -1.71. The minimum Gasteiger partial charge on any atom is -0.271 e. The summed E-state index contributed by atoms with van der Waals surface area (Å²) < 4.78 is 13.4. The minimum absolute atomic E-state index is 0.0352. The summed E-state index contributed by atoms with van der Waals surface area (Å²) in [6.07, 6.45) is 1.74. The Morgan fingerprint density at radius 1 is 1.10 bits per heavy atom. The smallest absolute Gasteiger partial charge is 0.123 e. The Balaban J connectivity index is 2.09. The molecule has 0 spiro atoms. The summed E-state index contributed by atoms with van der Waals surface area (Å²) in [5.74, 6) is 5.42. The first kappa shape index (κ1) is 14.7. The van der Waals surface area contributed by atoms with E-state index in [0.717, 1.165) is 24.0 Å². The molecule has 2 nitrogen and oxygen atoms in total. The molecule has 0 heterocycles. The Labute approximate surface area is 119 Å². The molecule has 3 heteroatoms. The lowest BCUT2D eigenvalue weighted by molar-refractivity contribution is 0.509. The molecule has 3 N–H and O–H groups in total. The molecule has 0 aliphatic rings. The average Bonchev–Trinajstić information content (AvgIpc) is 2.45. The maximum atomic E-state index is 13.4. The van der Waals surface area contributed by atoms with Gasteiger partial charge in [0.2, 0.25) is 0 Å². The van der Waals surface area contributed by atoms with Gasteiger partial charge in [0.15, 0.2) is 0 Å². The van der Waals surface area contributed by atoms with Crippen LogP contribution in [0.2, 0.25) is 0 Å². The molecule has 0 aliphatic heterocycles. The van der Waals surface area contributed by atoms with E-state index in [-0.39, 0.29) is 11.9 Å². The third-order valence-corrected chi connectivity index (χ3v) is 3.66. The molecule has 0 saturated carbocycles. The van der Waals surface area contributed by atoms with Crippen molar-refractivity contribution in [2.75, 3.05) is 0 Å². The fraction of sp³-hybridized carbons (Fsp3) is 0.294. The zero-order chi connectivity index (χ0) is 14.5. The zero-order valence-corrected chi connectivity index (χ0v) is 12.0. The molecule has 1 atom stereocenters. The van der Waals surface area contributed by atoms with Gasteiger partial charge < -0.3 is 0 Å². The second-order valence-corrected chi connectivity index (χ2v) is 5.24. The molecular weight excluding hydrogens is 251 g/mol. The monoisotopic (exact) mass is 272 g/mol. The van der Waals surface area contributed by atoms with Crippen LogP contribution in [0.15, 0.2) is 42.5 Å². The van der Waals surface area contributed by atoms with Gasteiger partial charge >= 0.3 is 0 Å². The summed E-state index contributed by atoms with van der Waals surface area (Å²) in [5.41, 5.74) is 7.31.